The normalized spacial score (nSPS) is 17.4. The van der Waals surface area contributed by atoms with Gasteiger partial charge in [-0.05, 0) is 62.8 Å². The van der Waals surface area contributed by atoms with Gasteiger partial charge in [-0.1, -0.05) is 23.7 Å². The lowest BCUT2D eigenvalue weighted by atomic mass is 9.85. The van der Waals surface area contributed by atoms with Crippen LogP contribution in [0.1, 0.15) is 41.7 Å². The van der Waals surface area contributed by atoms with E-state index in [4.69, 9.17) is 21.4 Å². The number of nitrogens with one attached hydrogen (secondary N) is 1. The number of amides is 1. The van der Waals surface area contributed by atoms with Crippen LogP contribution in [0.4, 0.5) is 0 Å². The second-order valence-corrected chi connectivity index (χ2v) is 9.93. The Labute approximate surface area is 224 Å². The van der Waals surface area contributed by atoms with E-state index in [0.29, 0.717) is 34.6 Å². The molecule has 5 rings (SSSR count). The van der Waals surface area contributed by atoms with Crippen molar-refractivity contribution in [1.82, 2.24) is 29.6 Å². The van der Waals surface area contributed by atoms with E-state index in [2.05, 4.69) is 20.5 Å². The molecule has 0 saturated heterocycles. The Bertz CT molecular complexity index is 1490. The van der Waals surface area contributed by atoms with Gasteiger partial charge in [-0.15, -0.1) is 10.2 Å². The molecule has 4 aromatic rings. The number of para-hydroxylation sites is 2. The number of benzene rings is 1. The quantitative estimate of drug-likeness (QED) is 0.354. The van der Waals surface area contributed by atoms with Crippen molar-refractivity contribution in [1.29, 1.82) is 0 Å². The maximum Gasteiger partial charge on any atom is 0.334 e. The number of carbonyl (C=O) groups excluding carboxylic acids is 1. The van der Waals surface area contributed by atoms with Gasteiger partial charge in [0.25, 0.3) is 5.91 Å². The van der Waals surface area contributed by atoms with E-state index >= 15 is 0 Å². The topological polar surface area (TPSA) is 124 Å². The van der Waals surface area contributed by atoms with Crippen LogP contribution in [0.5, 0.6) is 5.88 Å². The van der Waals surface area contributed by atoms with Gasteiger partial charge in [-0.2, -0.15) is 0 Å². The van der Waals surface area contributed by atoms with Crippen LogP contribution in [0.15, 0.2) is 53.5 Å². The van der Waals surface area contributed by atoms with Crippen LogP contribution in [0.2, 0.25) is 5.02 Å². The van der Waals surface area contributed by atoms with Crippen molar-refractivity contribution in [2.45, 2.75) is 45.2 Å². The first-order valence-corrected chi connectivity index (χ1v) is 13.0. The number of halogens is 1. The average Bonchev–Trinajstić information content (AvgIpc) is 3.21. The second kappa shape index (κ2) is 11.3. The van der Waals surface area contributed by atoms with E-state index in [0.717, 1.165) is 36.7 Å². The number of aliphatic hydroxyl groups excluding tert-OH is 1. The summed E-state index contributed by atoms with van der Waals surface area (Å²) in [6.07, 6.45) is 4.98. The van der Waals surface area contributed by atoms with Gasteiger partial charge in [-0.3, -0.25) is 14.3 Å². The molecule has 1 aliphatic carbocycles. The number of rotatable bonds is 8. The molecule has 1 amide bonds. The minimum Gasteiger partial charge on any atom is -0.474 e. The number of hydrogen-bond acceptors (Lipinski definition) is 7. The van der Waals surface area contributed by atoms with Crippen LogP contribution in [0.25, 0.3) is 16.9 Å². The van der Waals surface area contributed by atoms with E-state index in [-0.39, 0.29) is 36.7 Å². The Morgan fingerprint density at radius 3 is 2.61 bits per heavy atom. The van der Waals surface area contributed by atoms with Gasteiger partial charge in [-0.25, -0.2) is 9.36 Å². The zero-order valence-electron chi connectivity index (χ0n) is 21.0. The average molecular weight is 537 g/mol. The zero-order valence-corrected chi connectivity index (χ0v) is 21.8. The van der Waals surface area contributed by atoms with Gasteiger partial charge >= 0.3 is 5.69 Å². The highest BCUT2D eigenvalue weighted by molar-refractivity contribution is 6.30. The molecule has 3 aromatic heterocycles. The number of ether oxygens (including phenoxy) is 1. The summed E-state index contributed by atoms with van der Waals surface area (Å²) >= 11 is 6.03. The molecule has 2 N–H and O–H groups in total. The summed E-state index contributed by atoms with van der Waals surface area (Å²) < 4.78 is 8.65. The fourth-order valence-electron chi connectivity index (χ4n) is 5.01. The fraction of sp³-hybridized carbons (Fsp3) is 0.370. The Balaban J connectivity index is 1.29. The number of aliphatic hydroxyl groups is 1. The number of aromatic nitrogens is 5. The molecule has 11 heteroatoms. The first-order chi connectivity index (χ1) is 18.4. The molecule has 0 unspecified atom stereocenters. The van der Waals surface area contributed by atoms with Gasteiger partial charge in [0.05, 0.1) is 33.9 Å². The summed E-state index contributed by atoms with van der Waals surface area (Å²) in [4.78, 5) is 30.5. The van der Waals surface area contributed by atoms with E-state index in [1.54, 1.807) is 34.3 Å². The molecule has 1 saturated carbocycles. The number of fused-ring (bicyclic) bond motifs is 1. The smallest absolute Gasteiger partial charge is 0.334 e. The van der Waals surface area contributed by atoms with E-state index < -0.39 is 0 Å². The Kier molecular flexibility index (Phi) is 7.71. The van der Waals surface area contributed by atoms with Crippen LogP contribution in [0, 0.1) is 12.8 Å². The van der Waals surface area contributed by atoms with Crippen molar-refractivity contribution in [2.75, 3.05) is 13.2 Å². The molecule has 38 heavy (non-hydrogen) atoms. The first-order valence-electron chi connectivity index (χ1n) is 12.7. The molecule has 0 aliphatic heterocycles. The Morgan fingerprint density at radius 1 is 1.13 bits per heavy atom. The molecule has 3 heterocycles. The van der Waals surface area contributed by atoms with E-state index in [1.165, 1.54) is 6.20 Å². The zero-order chi connectivity index (χ0) is 26.6. The number of imidazole rings is 1. The number of hydrogen-bond donors (Lipinski definition) is 2. The third-order valence-electron chi connectivity index (χ3n) is 6.95. The number of carbonyl (C=O) groups is 1. The minimum atomic E-state index is -0.177. The van der Waals surface area contributed by atoms with Gasteiger partial charge in [0, 0.05) is 24.8 Å². The first kappa shape index (κ1) is 25.9. The molecule has 0 spiro atoms. The van der Waals surface area contributed by atoms with Crippen LogP contribution < -0.4 is 15.7 Å². The molecule has 1 fully saturated rings. The molecule has 1 aliphatic rings. The van der Waals surface area contributed by atoms with Gasteiger partial charge < -0.3 is 15.2 Å². The maximum atomic E-state index is 13.6. The summed E-state index contributed by atoms with van der Waals surface area (Å²) in [6, 6.07) is 12.7. The third kappa shape index (κ3) is 5.41. The molecule has 0 bridgehead atoms. The Morgan fingerprint density at radius 2 is 1.89 bits per heavy atom. The molecule has 198 valence electrons. The predicted octanol–water partition coefficient (Wildman–Crippen LogP) is 3.30. The number of aryl methyl sites for hydroxylation is 1. The highest BCUT2D eigenvalue weighted by Crippen LogP contribution is 2.28. The van der Waals surface area contributed by atoms with Crippen LogP contribution in [0.3, 0.4) is 0 Å². The SMILES string of the molecule is Cc1ncc(Cl)cc1C(=O)NC1CCC(Cn2c(=O)n(-c3ccc(OCCO)nn3)c3ccccc32)CC1. The van der Waals surface area contributed by atoms with Crippen molar-refractivity contribution < 1.29 is 14.6 Å². The lowest BCUT2D eigenvalue weighted by Crippen LogP contribution is -2.39. The molecule has 1 aromatic carbocycles. The van der Waals surface area contributed by atoms with Gasteiger partial charge in [0.1, 0.15) is 6.61 Å². The summed E-state index contributed by atoms with van der Waals surface area (Å²) in [7, 11) is 0. The fourth-order valence-corrected chi connectivity index (χ4v) is 5.17. The van der Waals surface area contributed by atoms with Gasteiger partial charge in [0.15, 0.2) is 5.82 Å². The third-order valence-corrected chi connectivity index (χ3v) is 7.16. The van der Waals surface area contributed by atoms with Crippen molar-refractivity contribution in [3.05, 3.63) is 75.4 Å². The van der Waals surface area contributed by atoms with Crippen molar-refractivity contribution in [2.24, 2.45) is 5.92 Å². The molecule has 0 radical (unpaired) electrons. The van der Waals surface area contributed by atoms with Crippen molar-refractivity contribution >= 4 is 28.5 Å². The highest BCUT2D eigenvalue weighted by Gasteiger charge is 2.26. The van der Waals surface area contributed by atoms with E-state index in [9.17, 15) is 9.59 Å². The summed E-state index contributed by atoms with van der Waals surface area (Å²) in [6.45, 7) is 2.37. The summed E-state index contributed by atoms with van der Waals surface area (Å²) in [5.74, 6) is 0.827. The lowest BCUT2D eigenvalue weighted by Gasteiger charge is -2.29. The molecular weight excluding hydrogens is 508 g/mol. The van der Waals surface area contributed by atoms with Crippen LogP contribution in [-0.2, 0) is 6.54 Å². The molecular formula is C27H29ClN6O4. The second-order valence-electron chi connectivity index (χ2n) is 9.50. The summed E-state index contributed by atoms with van der Waals surface area (Å²) in [5.41, 5.74) is 2.55. The minimum absolute atomic E-state index is 0.0667. The monoisotopic (exact) mass is 536 g/mol. The molecule has 0 atom stereocenters. The number of nitrogens with zero attached hydrogens (tertiary/aromatic N) is 5. The van der Waals surface area contributed by atoms with Crippen molar-refractivity contribution in [3.63, 3.8) is 0 Å². The Hall–Kier alpha value is -3.76. The standard InChI is InChI=1S/C27H29ClN6O4/c1-17-21(14-19(28)15-29-17)26(36)30-20-8-6-18(7-9-20)16-33-22-4-2-3-5-23(22)34(27(33)37)24-10-11-25(32-31-24)38-13-12-35/h2-5,10-11,14-15,18,20,35H,6-9,12-13,16H2,1H3,(H,30,36). The largest absolute Gasteiger partial charge is 0.474 e. The number of pyridine rings is 1. The summed E-state index contributed by atoms with van der Waals surface area (Å²) in [5, 5.41) is 20.7. The van der Waals surface area contributed by atoms with Crippen LogP contribution >= 0.6 is 11.6 Å². The van der Waals surface area contributed by atoms with Crippen molar-refractivity contribution in [3.8, 4) is 11.7 Å². The molecule has 10 nitrogen and oxygen atoms in total. The van der Waals surface area contributed by atoms with Crippen LogP contribution in [-0.4, -0.2) is 54.6 Å². The highest BCUT2D eigenvalue weighted by atomic mass is 35.5. The van der Waals surface area contributed by atoms with Gasteiger partial charge in [0.2, 0.25) is 5.88 Å². The maximum absolute atomic E-state index is 13.6. The predicted molar refractivity (Wildman–Crippen MR) is 143 cm³/mol. The lowest BCUT2D eigenvalue weighted by molar-refractivity contribution is 0.0919. The van der Waals surface area contributed by atoms with E-state index in [1.807, 2.05) is 24.3 Å².